The molecule has 0 atom stereocenters. The molecule has 2 nitrogen and oxygen atoms in total. The summed E-state index contributed by atoms with van der Waals surface area (Å²) in [5.41, 5.74) is 3.19. The number of hydrogen-bond acceptors (Lipinski definition) is 5. The molecule has 0 bridgehead atoms. The van der Waals surface area contributed by atoms with E-state index in [1.54, 1.807) is 50.2 Å². The molecule has 0 fully saturated rings. The van der Waals surface area contributed by atoms with Crippen molar-refractivity contribution in [2.24, 2.45) is 0 Å². The van der Waals surface area contributed by atoms with Crippen molar-refractivity contribution >= 4 is 49.1 Å². The first kappa shape index (κ1) is 16.1. The molecule has 1 rings (SSSR count). The molecule has 0 spiro atoms. The third kappa shape index (κ3) is 5.38. The van der Waals surface area contributed by atoms with Crippen molar-refractivity contribution in [1.82, 2.24) is 5.32 Å². The maximum Gasteiger partial charge on any atom is 0.251 e. The first-order chi connectivity index (χ1) is 8.71. The van der Waals surface area contributed by atoms with Crippen LogP contribution in [-0.4, -0.2) is 25.5 Å². The van der Waals surface area contributed by atoms with Gasteiger partial charge in [0.2, 0.25) is 0 Å². The molecular formula is C12H17NOS4. The molecule has 0 saturated carbocycles. The second kappa shape index (κ2) is 9.07. The standard InChI is InChI=1S/C12H17NOS4/c1-13-12(14)11-5-9(7-17-15-2)4-10(6-11)8-18-16-3/h4-6H,7-8H2,1-3H3,(H,13,14). The van der Waals surface area contributed by atoms with E-state index in [9.17, 15) is 4.79 Å². The number of nitrogens with one attached hydrogen (secondary N) is 1. The first-order valence-electron chi connectivity index (χ1n) is 5.37. The molecule has 1 amide bonds. The summed E-state index contributed by atoms with van der Waals surface area (Å²) < 4.78 is 0. The maximum atomic E-state index is 11.7. The van der Waals surface area contributed by atoms with Crippen molar-refractivity contribution in [3.8, 4) is 0 Å². The Labute approximate surface area is 125 Å². The number of amides is 1. The summed E-state index contributed by atoms with van der Waals surface area (Å²) >= 11 is 0. The monoisotopic (exact) mass is 319 g/mol. The Balaban J connectivity index is 2.91. The van der Waals surface area contributed by atoms with Gasteiger partial charge in [0.15, 0.2) is 0 Å². The molecule has 0 unspecified atom stereocenters. The van der Waals surface area contributed by atoms with Gasteiger partial charge in [-0.15, -0.1) is 0 Å². The predicted octanol–water partition coefficient (Wildman–Crippen LogP) is 4.07. The molecule has 1 N–H and O–H groups in total. The van der Waals surface area contributed by atoms with Crippen molar-refractivity contribution in [2.45, 2.75) is 11.5 Å². The fourth-order valence-corrected chi connectivity index (χ4v) is 3.82. The Morgan fingerprint density at radius 3 is 1.94 bits per heavy atom. The van der Waals surface area contributed by atoms with Gasteiger partial charge in [0, 0.05) is 24.1 Å². The topological polar surface area (TPSA) is 29.1 Å². The molecule has 0 aliphatic rings. The van der Waals surface area contributed by atoms with Crippen LogP contribution in [0.5, 0.6) is 0 Å². The fourth-order valence-electron chi connectivity index (χ4n) is 1.46. The van der Waals surface area contributed by atoms with Gasteiger partial charge in [-0.1, -0.05) is 49.2 Å². The Kier molecular flexibility index (Phi) is 8.13. The van der Waals surface area contributed by atoms with Gasteiger partial charge in [0.25, 0.3) is 5.91 Å². The lowest BCUT2D eigenvalue weighted by molar-refractivity contribution is 0.0963. The van der Waals surface area contributed by atoms with E-state index in [1.165, 1.54) is 11.1 Å². The number of hydrogen-bond donors (Lipinski definition) is 1. The van der Waals surface area contributed by atoms with Crippen LogP contribution in [-0.2, 0) is 11.5 Å². The fraction of sp³-hybridized carbons (Fsp3) is 0.417. The molecule has 0 aliphatic carbocycles. The number of rotatable bonds is 7. The van der Waals surface area contributed by atoms with Crippen LogP contribution in [0.2, 0.25) is 0 Å². The smallest absolute Gasteiger partial charge is 0.251 e. The predicted molar refractivity (Wildman–Crippen MR) is 89.5 cm³/mol. The zero-order valence-corrected chi connectivity index (χ0v) is 14.0. The summed E-state index contributed by atoms with van der Waals surface area (Å²) in [5, 5.41) is 2.68. The molecule has 18 heavy (non-hydrogen) atoms. The van der Waals surface area contributed by atoms with Crippen molar-refractivity contribution < 1.29 is 4.79 Å². The minimum Gasteiger partial charge on any atom is -0.355 e. The average Bonchev–Trinajstić information content (AvgIpc) is 2.41. The second-order valence-electron chi connectivity index (χ2n) is 3.48. The minimum atomic E-state index is -0.0126. The highest BCUT2D eigenvalue weighted by Crippen LogP contribution is 2.27. The van der Waals surface area contributed by atoms with Crippen molar-refractivity contribution in [2.75, 3.05) is 19.6 Å². The van der Waals surface area contributed by atoms with Gasteiger partial charge in [-0.3, -0.25) is 4.79 Å². The van der Waals surface area contributed by atoms with Gasteiger partial charge in [-0.05, 0) is 35.8 Å². The molecular weight excluding hydrogens is 302 g/mol. The third-order valence-corrected chi connectivity index (χ3v) is 5.72. The molecule has 0 aromatic heterocycles. The van der Waals surface area contributed by atoms with Crippen LogP contribution in [0.4, 0.5) is 0 Å². The zero-order valence-electron chi connectivity index (χ0n) is 10.7. The van der Waals surface area contributed by atoms with Crippen molar-refractivity contribution in [3.05, 3.63) is 34.9 Å². The molecule has 0 aliphatic heterocycles. The van der Waals surface area contributed by atoms with Gasteiger partial charge in [0.1, 0.15) is 0 Å². The molecule has 6 heteroatoms. The number of carbonyl (C=O) groups is 1. The van der Waals surface area contributed by atoms with Crippen LogP contribution in [0, 0.1) is 0 Å². The molecule has 100 valence electrons. The van der Waals surface area contributed by atoms with E-state index in [2.05, 4.69) is 23.9 Å². The van der Waals surface area contributed by atoms with E-state index in [-0.39, 0.29) is 5.91 Å². The van der Waals surface area contributed by atoms with Crippen molar-refractivity contribution in [3.63, 3.8) is 0 Å². The van der Waals surface area contributed by atoms with Gasteiger partial charge in [-0.2, -0.15) is 0 Å². The highest BCUT2D eigenvalue weighted by atomic mass is 33.1. The normalized spacial score (nSPS) is 10.4. The summed E-state index contributed by atoms with van der Waals surface area (Å²) in [6.07, 6.45) is 4.13. The van der Waals surface area contributed by atoms with Crippen LogP contribution in [0.1, 0.15) is 21.5 Å². The van der Waals surface area contributed by atoms with Crippen LogP contribution >= 0.6 is 43.2 Å². The summed E-state index contributed by atoms with van der Waals surface area (Å²) in [5.74, 6) is 1.85. The number of benzene rings is 1. The van der Waals surface area contributed by atoms with Crippen LogP contribution in [0.25, 0.3) is 0 Å². The number of carbonyl (C=O) groups excluding carboxylic acids is 1. The van der Waals surface area contributed by atoms with Gasteiger partial charge >= 0.3 is 0 Å². The van der Waals surface area contributed by atoms with Crippen LogP contribution < -0.4 is 5.32 Å². The average molecular weight is 320 g/mol. The van der Waals surface area contributed by atoms with Gasteiger partial charge in [-0.25, -0.2) is 0 Å². The van der Waals surface area contributed by atoms with E-state index in [1.807, 2.05) is 12.1 Å². The van der Waals surface area contributed by atoms with E-state index in [4.69, 9.17) is 0 Å². The maximum absolute atomic E-state index is 11.7. The summed E-state index contributed by atoms with van der Waals surface area (Å²) in [7, 11) is 8.75. The molecule has 1 aromatic rings. The zero-order chi connectivity index (χ0) is 13.4. The first-order valence-corrected chi connectivity index (χ1v) is 10.8. The quantitative estimate of drug-likeness (QED) is 0.765. The summed E-state index contributed by atoms with van der Waals surface area (Å²) in [4.78, 5) is 11.7. The van der Waals surface area contributed by atoms with E-state index in [0.717, 1.165) is 17.1 Å². The largest absolute Gasteiger partial charge is 0.355 e. The summed E-state index contributed by atoms with van der Waals surface area (Å²) in [6, 6.07) is 6.16. The lowest BCUT2D eigenvalue weighted by atomic mass is 10.1. The molecule has 0 heterocycles. The Bertz CT molecular complexity index is 371. The molecule has 0 saturated heterocycles. The second-order valence-corrected chi connectivity index (χ2v) is 8.60. The lowest BCUT2D eigenvalue weighted by Gasteiger charge is -2.08. The highest BCUT2D eigenvalue weighted by molar-refractivity contribution is 8.76. The summed E-state index contributed by atoms with van der Waals surface area (Å²) in [6.45, 7) is 0. The van der Waals surface area contributed by atoms with Gasteiger partial charge in [0.05, 0.1) is 0 Å². The van der Waals surface area contributed by atoms with Crippen LogP contribution in [0.3, 0.4) is 0 Å². The van der Waals surface area contributed by atoms with Crippen molar-refractivity contribution in [1.29, 1.82) is 0 Å². The SMILES string of the molecule is CNC(=O)c1cc(CSSC)cc(CSSC)c1. The van der Waals surface area contributed by atoms with E-state index in [0.29, 0.717) is 0 Å². The Morgan fingerprint density at radius 1 is 1.06 bits per heavy atom. The molecule has 0 radical (unpaired) electrons. The lowest BCUT2D eigenvalue weighted by Crippen LogP contribution is -2.18. The third-order valence-electron chi connectivity index (χ3n) is 2.23. The van der Waals surface area contributed by atoms with Gasteiger partial charge < -0.3 is 5.32 Å². The minimum absolute atomic E-state index is 0.0126. The Hall–Kier alpha value is 0.0900. The van der Waals surface area contributed by atoms with E-state index < -0.39 is 0 Å². The Morgan fingerprint density at radius 2 is 1.56 bits per heavy atom. The highest BCUT2D eigenvalue weighted by Gasteiger charge is 2.07. The van der Waals surface area contributed by atoms with Crippen LogP contribution in [0.15, 0.2) is 18.2 Å². The molecule has 1 aromatic carbocycles. The van der Waals surface area contributed by atoms with E-state index >= 15 is 0 Å².